The number of nitrogens with one attached hydrogen (secondary N) is 1. The molecule has 1 aromatic carbocycles. The Hall–Kier alpha value is -0.900. The Kier molecular flexibility index (Phi) is 5.32. The first-order chi connectivity index (χ1) is 8.32. The van der Waals surface area contributed by atoms with Gasteiger partial charge in [0.15, 0.2) is 0 Å². The molecule has 0 aromatic heterocycles. The highest BCUT2D eigenvalue weighted by Gasteiger charge is 2.20. The third-order valence-corrected chi connectivity index (χ3v) is 4.36. The summed E-state index contributed by atoms with van der Waals surface area (Å²) in [5, 5.41) is 2.87. The molecule has 1 aromatic rings. The number of alkyl halides is 1. The van der Waals surface area contributed by atoms with Crippen LogP contribution in [0.3, 0.4) is 0 Å². The van der Waals surface area contributed by atoms with Crippen LogP contribution < -0.4 is 5.32 Å². The molecule has 1 rings (SSSR count). The Labute approximate surface area is 116 Å². The van der Waals surface area contributed by atoms with Gasteiger partial charge in [-0.05, 0) is 37.0 Å². The van der Waals surface area contributed by atoms with E-state index in [9.17, 15) is 9.18 Å². The molecule has 0 radical (unpaired) electrons. The van der Waals surface area contributed by atoms with Gasteiger partial charge in [-0.15, -0.1) is 0 Å². The SMILES string of the molecule is Cc1ccc(C(C)NC(=O)C(Br)C(C)C)cc1F. The molecule has 0 saturated carbocycles. The molecule has 2 nitrogen and oxygen atoms in total. The lowest BCUT2D eigenvalue weighted by Gasteiger charge is -2.19. The summed E-state index contributed by atoms with van der Waals surface area (Å²) in [6.45, 7) is 7.50. The fourth-order valence-electron chi connectivity index (χ4n) is 1.56. The van der Waals surface area contributed by atoms with Gasteiger partial charge in [0.25, 0.3) is 0 Å². The van der Waals surface area contributed by atoms with E-state index in [1.54, 1.807) is 13.0 Å². The van der Waals surface area contributed by atoms with Crippen molar-refractivity contribution in [2.75, 3.05) is 0 Å². The first kappa shape index (κ1) is 15.2. The minimum Gasteiger partial charge on any atom is -0.349 e. The monoisotopic (exact) mass is 315 g/mol. The molecule has 100 valence electrons. The molecule has 2 atom stereocenters. The summed E-state index contributed by atoms with van der Waals surface area (Å²) in [5.41, 5.74) is 1.38. The summed E-state index contributed by atoms with van der Waals surface area (Å²) >= 11 is 3.35. The van der Waals surface area contributed by atoms with E-state index >= 15 is 0 Å². The Morgan fingerprint density at radius 1 is 1.33 bits per heavy atom. The largest absolute Gasteiger partial charge is 0.349 e. The van der Waals surface area contributed by atoms with Crippen molar-refractivity contribution in [3.63, 3.8) is 0 Å². The van der Waals surface area contributed by atoms with Crippen molar-refractivity contribution in [2.24, 2.45) is 5.92 Å². The second kappa shape index (κ2) is 6.32. The number of amides is 1. The van der Waals surface area contributed by atoms with Gasteiger partial charge in [0.1, 0.15) is 5.82 Å². The van der Waals surface area contributed by atoms with Crippen LogP contribution in [0.5, 0.6) is 0 Å². The van der Waals surface area contributed by atoms with Crippen molar-refractivity contribution in [1.82, 2.24) is 5.32 Å². The third-order valence-electron chi connectivity index (χ3n) is 2.89. The maximum atomic E-state index is 13.4. The molecule has 0 heterocycles. The number of aryl methyl sites for hydroxylation is 1. The second-order valence-electron chi connectivity index (χ2n) is 4.88. The highest BCUT2D eigenvalue weighted by Crippen LogP contribution is 2.18. The highest BCUT2D eigenvalue weighted by atomic mass is 79.9. The predicted molar refractivity (Wildman–Crippen MR) is 75.2 cm³/mol. The summed E-state index contributed by atoms with van der Waals surface area (Å²) in [4.78, 5) is 11.6. The molecular formula is C14H19BrFNO. The van der Waals surface area contributed by atoms with E-state index in [4.69, 9.17) is 0 Å². The van der Waals surface area contributed by atoms with E-state index in [1.165, 1.54) is 6.07 Å². The molecule has 4 heteroatoms. The minimum absolute atomic E-state index is 0.0708. The van der Waals surface area contributed by atoms with Crippen LogP contribution >= 0.6 is 15.9 Å². The summed E-state index contributed by atoms with van der Waals surface area (Å²) in [6, 6.07) is 4.83. The van der Waals surface area contributed by atoms with Crippen molar-refractivity contribution >= 4 is 21.8 Å². The number of carbonyl (C=O) groups excluding carboxylic acids is 1. The van der Waals surface area contributed by atoms with Gasteiger partial charge in [0, 0.05) is 0 Å². The fraction of sp³-hybridized carbons (Fsp3) is 0.500. The number of benzene rings is 1. The first-order valence-corrected chi connectivity index (χ1v) is 6.95. The molecule has 0 bridgehead atoms. The third kappa shape index (κ3) is 3.80. The summed E-state index contributed by atoms with van der Waals surface area (Å²) in [5.74, 6) is -0.0988. The van der Waals surface area contributed by atoms with Crippen LogP contribution in [0.15, 0.2) is 18.2 Å². The lowest BCUT2D eigenvalue weighted by atomic mass is 10.0. The average molecular weight is 316 g/mol. The lowest BCUT2D eigenvalue weighted by molar-refractivity contribution is -0.121. The van der Waals surface area contributed by atoms with Gasteiger partial charge in [-0.3, -0.25) is 4.79 Å². The van der Waals surface area contributed by atoms with E-state index in [0.29, 0.717) is 5.56 Å². The Morgan fingerprint density at radius 2 is 1.94 bits per heavy atom. The van der Waals surface area contributed by atoms with Gasteiger partial charge in [-0.1, -0.05) is 41.9 Å². The van der Waals surface area contributed by atoms with Crippen LogP contribution in [0.2, 0.25) is 0 Å². The van der Waals surface area contributed by atoms with Crippen LogP contribution in [-0.2, 0) is 4.79 Å². The Bertz CT molecular complexity index is 434. The van der Waals surface area contributed by atoms with Crippen LogP contribution in [0, 0.1) is 18.7 Å². The Morgan fingerprint density at radius 3 is 2.44 bits per heavy atom. The standard InChI is InChI=1S/C14H19BrFNO/c1-8(2)13(15)14(18)17-10(4)11-6-5-9(3)12(16)7-11/h5-8,10,13H,1-4H3,(H,17,18). The first-order valence-electron chi connectivity index (χ1n) is 6.03. The van der Waals surface area contributed by atoms with Gasteiger partial charge in [-0.2, -0.15) is 0 Å². The second-order valence-corrected chi connectivity index (χ2v) is 5.87. The van der Waals surface area contributed by atoms with Crippen molar-refractivity contribution in [3.8, 4) is 0 Å². The van der Waals surface area contributed by atoms with E-state index in [1.807, 2.05) is 26.8 Å². The van der Waals surface area contributed by atoms with Gasteiger partial charge >= 0.3 is 0 Å². The van der Waals surface area contributed by atoms with Gasteiger partial charge in [0.05, 0.1) is 10.9 Å². The Balaban J connectivity index is 2.73. The molecule has 0 saturated heterocycles. The van der Waals surface area contributed by atoms with Gasteiger partial charge in [-0.25, -0.2) is 4.39 Å². The molecule has 0 aliphatic rings. The van der Waals surface area contributed by atoms with Crippen LogP contribution in [0.25, 0.3) is 0 Å². The zero-order valence-corrected chi connectivity index (χ0v) is 12.7. The van der Waals surface area contributed by atoms with Crippen molar-refractivity contribution in [3.05, 3.63) is 35.1 Å². The topological polar surface area (TPSA) is 29.1 Å². The molecule has 0 aliphatic heterocycles. The summed E-state index contributed by atoms with van der Waals surface area (Å²) < 4.78 is 13.4. The maximum Gasteiger partial charge on any atom is 0.234 e. The zero-order valence-electron chi connectivity index (χ0n) is 11.1. The highest BCUT2D eigenvalue weighted by molar-refractivity contribution is 9.10. The molecular weight excluding hydrogens is 297 g/mol. The van der Waals surface area contributed by atoms with Gasteiger partial charge in [0.2, 0.25) is 5.91 Å². The molecule has 18 heavy (non-hydrogen) atoms. The van der Waals surface area contributed by atoms with E-state index in [2.05, 4.69) is 21.2 Å². The molecule has 0 spiro atoms. The number of carbonyl (C=O) groups is 1. The van der Waals surface area contributed by atoms with Crippen LogP contribution in [0.1, 0.15) is 37.9 Å². The smallest absolute Gasteiger partial charge is 0.234 e. The maximum absolute atomic E-state index is 13.4. The fourth-order valence-corrected chi connectivity index (χ4v) is 1.69. The minimum atomic E-state index is -0.243. The molecule has 2 unspecified atom stereocenters. The average Bonchev–Trinajstić information content (AvgIpc) is 2.31. The molecule has 1 N–H and O–H groups in total. The zero-order chi connectivity index (χ0) is 13.9. The lowest BCUT2D eigenvalue weighted by Crippen LogP contribution is -2.35. The van der Waals surface area contributed by atoms with E-state index < -0.39 is 0 Å². The number of hydrogen-bond donors (Lipinski definition) is 1. The van der Waals surface area contributed by atoms with Crippen molar-refractivity contribution < 1.29 is 9.18 Å². The summed E-state index contributed by atoms with van der Waals surface area (Å²) in [6.07, 6.45) is 0. The van der Waals surface area contributed by atoms with E-state index in [0.717, 1.165) is 5.56 Å². The molecule has 0 fully saturated rings. The number of halogens is 2. The molecule has 0 aliphatic carbocycles. The van der Waals surface area contributed by atoms with Crippen molar-refractivity contribution in [2.45, 2.75) is 38.6 Å². The number of rotatable bonds is 4. The normalized spacial score (nSPS) is 14.4. The van der Waals surface area contributed by atoms with Crippen molar-refractivity contribution in [1.29, 1.82) is 0 Å². The predicted octanol–water partition coefficient (Wildman–Crippen LogP) is 3.73. The molecule has 1 amide bonds. The van der Waals surface area contributed by atoms with E-state index in [-0.39, 0.29) is 28.5 Å². The van der Waals surface area contributed by atoms with Crippen LogP contribution in [0.4, 0.5) is 4.39 Å². The quantitative estimate of drug-likeness (QED) is 0.843. The number of hydrogen-bond acceptors (Lipinski definition) is 1. The van der Waals surface area contributed by atoms with Crippen LogP contribution in [-0.4, -0.2) is 10.7 Å². The van der Waals surface area contributed by atoms with Gasteiger partial charge < -0.3 is 5.32 Å². The summed E-state index contributed by atoms with van der Waals surface area (Å²) in [7, 11) is 0.